The highest BCUT2D eigenvalue weighted by atomic mass is 32.2. The summed E-state index contributed by atoms with van der Waals surface area (Å²) in [6.07, 6.45) is 0. The van der Waals surface area contributed by atoms with E-state index in [1.165, 1.54) is 27.7 Å². The molecule has 1 N–H and O–H groups in total. The first-order valence-electron chi connectivity index (χ1n) is 9.26. The zero-order valence-corrected chi connectivity index (χ0v) is 18.0. The first kappa shape index (κ1) is 20.2. The molecule has 2 aromatic heterocycles. The molecule has 6 nitrogen and oxygen atoms in total. The lowest BCUT2D eigenvalue weighted by molar-refractivity contribution is -0.115. The van der Waals surface area contributed by atoms with Crippen molar-refractivity contribution in [2.24, 2.45) is 7.05 Å². The van der Waals surface area contributed by atoms with E-state index in [1.54, 1.807) is 44.3 Å². The van der Waals surface area contributed by atoms with Gasteiger partial charge in [-0.2, -0.15) is 0 Å². The van der Waals surface area contributed by atoms with Gasteiger partial charge in [0.15, 0.2) is 5.16 Å². The molecular formula is C22H19N3O3S2. The number of fused-ring (bicyclic) bond motifs is 1. The van der Waals surface area contributed by atoms with E-state index in [2.05, 4.69) is 10.3 Å². The summed E-state index contributed by atoms with van der Waals surface area (Å²) in [6, 6.07) is 18.5. The molecule has 0 aliphatic heterocycles. The minimum absolute atomic E-state index is 0.106. The van der Waals surface area contributed by atoms with Crippen molar-refractivity contribution in [3.63, 3.8) is 0 Å². The molecule has 4 aromatic rings. The smallest absolute Gasteiger partial charge is 0.262 e. The van der Waals surface area contributed by atoms with Gasteiger partial charge in [0.2, 0.25) is 5.91 Å². The maximum atomic E-state index is 12.6. The highest BCUT2D eigenvalue weighted by Crippen LogP contribution is 2.26. The van der Waals surface area contributed by atoms with Crippen molar-refractivity contribution in [2.45, 2.75) is 17.3 Å². The lowest BCUT2D eigenvalue weighted by Crippen LogP contribution is -2.25. The van der Waals surface area contributed by atoms with Gasteiger partial charge in [0.1, 0.15) is 16.3 Å². The number of carbonyl (C=O) groups excluding carboxylic acids is 1. The third-order valence-corrected chi connectivity index (χ3v) is 6.37. The van der Waals surface area contributed by atoms with Crippen molar-refractivity contribution >= 4 is 44.9 Å². The molecule has 0 fully saturated rings. The summed E-state index contributed by atoms with van der Waals surface area (Å²) in [6.45, 7) is 1.79. The number of rotatable bonds is 6. The maximum absolute atomic E-state index is 12.6. The predicted molar refractivity (Wildman–Crippen MR) is 122 cm³/mol. The number of thioether (sulfide) groups is 1. The van der Waals surface area contributed by atoms with Gasteiger partial charge in [-0.25, -0.2) is 4.98 Å². The van der Waals surface area contributed by atoms with Gasteiger partial charge in [-0.05, 0) is 54.8 Å². The second-order valence-corrected chi connectivity index (χ2v) is 8.79. The number of para-hydroxylation sites is 1. The van der Waals surface area contributed by atoms with E-state index >= 15 is 0 Å². The van der Waals surface area contributed by atoms with Crippen molar-refractivity contribution in [1.29, 1.82) is 0 Å². The average molecular weight is 438 g/mol. The number of amides is 1. The Bertz CT molecular complexity index is 1230. The van der Waals surface area contributed by atoms with Crippen molar-refractivity contribution in [3.05, 3.63) is 76.4 Å². The molecular weight excluding hydrogens is 418 g/mol. The second kappa shape index (κ2) is 8.73. The molecule has 1 amide bonds. The van der Waals surface area contributed by atoms with Crippen LogP contribution in [-0.4, -0.2) is 20.7 Å². The third-order valence-electron chi connectivity index (χ3n) is 4.42. The summed E-state index contributed by atoms with van der Waals surface area (Å²) in [5.74, 6) is 1.27. The van der Waals surface area contributed by atoms with E-state index in [0.717, 1.165) is 5.75 Å². The van der Waals surface area contributed by atoms with Crippen LogP contribution >= 0.6 is 23.1 Å². The van der Waals surface area contributed by atoms with Gasteiger partial charge in [-0.15, -0.1) is 11.3 Å². The Labute approximate surface area is 181 Å². The van der Waals surface area contributed by atoms with E-state index in [0.29, 0.717) is 26.8 Å². The molecule has 152 valence electrons. The van der Waals surface area contributed by atoms with Gasteiger partial charge in [-0.3, -0.25) is 14.2 Å². The second-order valence-electron chi connectivity index (χ2n) is 6.59. The number of benzene rings is 2. The van der Waals surface area contributed by atoms with Crippen LogP contribution in [0.1, 0.15) is 6.92 Å². The Morgan fingerprint density at radius 3 is 2.53 bits per heavy atom. The maximum Gasteiger partial charge on any atom is 0.262 e. The molecule has 0 spiro atoms. The Hall–Kier alpha value is -3.10. The van der Waals surface area contributed by atoms with E-state index in [9.17, 15) is 9.59 Å². The molecule has 0 bridgehead atoms. The lowest BCUT2D eigenvalue weighted by Gasteiger charge is -2.14. The van der Waals surface area contributed by atoms with E-state index in [4.69, 9.17) is 4.74 Å². The fourth-order valence-electron chi connectivity index (χ4n) is 2.77. The predicted octanol–water partition coefficient (Wildman–Crippen LogP) is 4.91. The van der Waals surface area contributed by atoms with Crippen LogP contribution in [-0.2, 0) is 11.8 Å². The number of nitrogens with one attached hydrogen (secondary N) is 1. The van der Waals surface area contributed by atoms with Gasteiger partial charge in [-0.1, -0.05) is 30.0 Å². The van der Waals surface area contributed by atoms with Gasteiger partial charge in [0.05, 0.1) is 10.6 Å². The number of anilines is 1. The summed E-state index contributed by atoms with van der Waals surface area (Å²) in [7, 11) is 1.67. The Kier molecular flexibility index (Phi) is 5.87. The number of ether oxygens (including phenoxy) is 1. The molecule has 0 aliphatic rings. The van der Waals surface area contributed by atoms with Crippen molar-refractivity contribution < 1.29 is 9.53 Å². The van der Waals surface area contributed by atoms with Crippen LogP contribution in [0, 0.1) is 0 Å². The first-order valence-corrected chi connectivity index (χ1v) is 11.0. The van der Waals surface area contributed by atoms with Crippen LogP contribution < -0.4 is 15.6 Å². The topological polar surface area (TPSA) is 73.2 Å². The minimum atomic E-state index is -0.430. The molecule has 0 saturated heterocycles. The zero-order chi connectivity index (χ0) is 21.1. The molecule has 0 radical (unpaired) electrons. The van der Waals surface area contributed by atoms with Crippen LogP contribution in [0.5, 0.6) is 11.5 Å². The van der Waals surface area contributed by atoms with Crippen LogP contribution in [0.3, 0.4) is 0 Å². The normalized spacial score (nSPS) is 11.9. The molecule has 0 saturated carbocycles. The summed E-state index contributed by atoms with van der Waals surface area (Å²) < 4.78 is 7.25. The summed E-state index contributed by atoms with van der Waals surface area (Å²) >= 11 is 2.67. The van der Waals surface area contributed by atoms with Crippen LogP contribution in [0.4, 0.5) is 5.69 Å². The quantitative estimate of drug-likeness (QED) is 0.343. The number of hydrogen-bond donors (Lipinski definition) is 1. The molecule has 0 aliphatic carbocycles. The Balaban J connectivity index is 1.41. The minimum Gasteiger partial charge on any atom is -0.457 e. The molecule has 30 heavy (non-hydrogen) atoms. The van der Waals surface area contributed by atoms with Crippen LogP contribution in [0.2, 0.25) is 0 Å². The summed E-state index contributed by atoms with van der Waals surface area (Å²) in [4.78, 5) is 30.3. The van der Waals surface area contributed by atoms with Crippen molar-refractivity contribution in [1.82, 2.24) is 9.55 Å². The number of hydrogen-bond acceptors (Lipinski definition) is 6. The van der Waals surface area contributed by atoms with Gasteiger partial charge >= 0.3 is 0 Å². The van der Waals surface area contributed by atoms with Gasteiger partial charge in [0.25, 0.3) is 5.56 Å². The van der Waals surface area contributed by atoms with Gasteiger partial charge < -0.3 is 10.1 Å². The number of carbonyl (C=O) groups is 1. The first-order chi connectivity index (χ1) is 14.5. The molecule has 1 atom stereocenters. The standard InChI is InChI=1S/C22H19N3O3S2/c1-14(30-22-24-20-18(12-13-29-20)21(27)25(22)2)19(26)23-15-8-10-17(11-9-15)28-16-6-4-3-5-7-16/h3-14H,1-2H3,(H,23,26)/t14-/m1/s1. The SMILES string of the molecule is C[C@@H](Sc1nc2sccc2c(=O)n1C)C(=O)Nc1ccc(Oc2ccccc2)cc1. The molecule has 2 aromatic carbocycles. The molecule has 8 heteroatoms. The van der Waals surface area contributed by atoms with Crippen LogP contribution in [0.15, 0.2) is 76.0 Å². The number of nitrogens with zero attached hydrogens (tertiary/aromatic N) is 2. The largest absolute Gasteiger partial charge is 0.457 e. The molecule has 0 unspecified atom stereocenters. The fraction of sp³-hybridized carbons (Fsp3) is 0.136. The van der Waals surface area contributed by atoms with Crippen molar-refractivity contribution in [2.75, 3.05) is 5.32 Å². The van der Waals surface area contributed by atoms with Crippen LogP contribution in [0.25, 0.3) is 10.2 Å². The van der Waals surface area contributed by atoms with E-state index < -0.39 is 5.25 Å². The number of thiophene rings is 1. The highest BCUT2D eigenvalue weighted by molar-refractivity contribution is 8.00. The monoisotopic (exact) mass is 437 g/mol. The van der Waals surface area contributed by atoms with E-state index in [-0.39, 0.29) is 11.5 Å². The highest BCUT2D eigenvalue weighted by Gasteiger charge is 2.19. The summed E-state index contributed by atoms with van der Waals surface area (Å²) in [5, 5.41) is 5.42. The Morgan fingerprint density at radius 1 is 1.10 bits per heavy atom. The lowest BCUT2D eigenvalue weighted by atomic mass is 10.3. The van der Waals surface area contributed by atoms with Crippen molar-refractivity contribution in [3.8, 4) is 11.5 Å². The zero-order valence-electron chi connectivity index (χ0n) is 16.4. The molecule has 4 rings (SSSR count). The number of aromatic nitrogens is 2. The molecule has 2 heterocycles. The average Bonchev–Trinajstić information content (AvgIpc) is 3.22. The Morgan fingerprint density at radius 2 is 1.80 bits per heavy atom. The summed E-state index contributed by atoms with van der Waals surface area (Å²) in [5.41, 5.74) is 0.564. The van der Waals surface area contributed by atoms with Gasteiger partial charge in [0, 0.05) is 12.7 Å². The van der Waals surface area contributed by atoms with E-state index in [1.807, 2.05) is 35.7 Å². The third kappa shape index (κ3) is 4.39. The fourth-order valence-corrected chi connectivity index (χ4v) is 4.45.